The normalized spacial score (nSPS) is 18.2. The molecule has 1 aliphatic heterocycles. The van der Waals surface area contributed by atoms with E-state index in [0.29, 0.717) is 22.4 Å². The van der Waals surface area contributed by atoms with Crippen molar-refractivity contribution < 1.29 is 9.53 Å². The highest BCUT2D eigenvalue weighted by atomic mass is 16.5. The Morgan fingerprint density at radius 3 is 2.53 bits per heavy atom. The average Bonchev–Trinajstić information content (AvgIpc) is 2.37. The zero-order chi connectivity index (χ0) is 14.0. The molecule has 2 rings (SSSR count). The molecule has 0 radical (unpaired) electrons. The molecule has 0 atom stereocenters. The Labute approximate surface area is 114 Å². The van der Waals surface area contributed by atoms with Crippen LogP contribution in [0.5, 0.6) is 5.75 Å². The molecular formula is C15H22N2O2. The van der Waals surface area contributed by atoms with Crippen molar-refractivity contribution in [2.75, 3.05) is 25.9 Å². The number of likely N-dealkylation sites (tertiary alicyclic amines) is 1. The number of amides is 1. The molecule has 4 nitrogen and oxygen atoms in total. The molecule has 0 aliphatic carbocycles. The number of methoxy groups -OCH3 is 1. The fraction of sp³-hybridized carbons (Fsp3) is 0.533. The number of nitrogens with two attached hydrogens (primary N) is 1. The summed E-state index contributed by atoms with van der Waals surface area (Å²) in [5.74, 6) is 0.528. The quantitative estimate of drug-likeness (QED) is 0.833. The van der Waals surface area contributed by atoms with Crippen molar-refractivity contribution in [2.45, 2.75) is 26.7 Å². The number of benzene rings is 1. The number of carbonyl (C=O) groups is 1. The van der Waals surface area contributed by atoms with Gasteiger partial charge < -0.3 is 15.4 Å². The number of anilines is 1. The molecule has 1 aliphatic rings. The lowest BCUT2D eigenvalue weighted by Gasteiger charge is -2.37. The number of piperidine rings is 1. The molecule has 4 heteroatoms. The zero-order valence-electron chi connectivity index (χ0n) is 11.9. The van der Waals surface area contributed by atoms with Gasteiger partial charge in [0.15, 0.2) is 0 Å². The highest BCUT2D eigenvalue weighted by molar-refractivity contribution is 6.01. The topological polar surface area (TPSA) is 55.6 Å². The Morgan fingerprint density at radius 2 is 1.95 bits per heavy atom. The van der Waals surface area contributed by atoms with Crippen molar-refractivity contribution in [2.24, 2.45) is 5.41 Å². The van der Waals surface area contributed by atoms with Crippen LogP contribution in [0.15, 0.2) is 18.2 Å². The van der Waals surface area contributed by atoms with Gasteiger partial charge in [0, 0.05) is 18.8 Å². The van der Waals surface area contributed by atoms with Crippen LogP contribution in [0.4, 0.5) is 5.69 Å². The Kier molecular flexibility index (Phi) is 3.69. The standard InChI is InChI=1S/C15H22N2O2/c1-15(2)7-9-17(10-8-15)14(18)13-11(16)5-4-6-12(13)19-3/h4-6H,7-10,16H2,1-3H3. The fourth-order valence-electron chi connectivity index (χ4n) is 2.42. The Bertz CT molecular complexity index is 473. The Hall–Kier alpha value is -1.71. The first kappa shape index (κ1) is 13.7. The summed E-state index contributed by atoms with van der Waals surface area (Å²) in [6.45, 7) is 6.05. The van der Waals surface area contributed by atoms with Gasteiger partial charge in [-0.1, -0.05) is 19.9 Å². The summed E-state index contributed by atoms with van der Waals surface area (Å²) < 4.78 is 5.25. The number of hydrogen-bond acceptors (Lipinski definition) is 3. The lowest BCUT2D eigenvalue weighted by Crippen LogP contribution is -2.41. The van der Waals surface area contributed by atoms with Crippen LogP contribution in [-0.2, 0) is 0 Å². The predicted molar refractivity (Wildman–Crippen MR) is 76.3 cm³/mol. The van der Waals surface area contributed by atoms with E-state index in [2.05, 4.69) is 13.8 Å². The van der Waals surface area contributed by atoms with Crippen molar-refractivity contribution in [3.63, 3.8) is 0 Å². The minimum absolute atomic E-state index is 0.0227. The lowest BCUT2D eigenvalue weighted by molar-refractivity contribution is 0.0628. The molecule has 0 aromatic heterocycles. The van der Waals surface area contributed by atoms with Gasteiger partial charge in [0.2, 0.25) is 0 Å². The molecule has 19 heavy (non-hydrogen) atoms. The maximum atomic E-state index is 12.6. The monoisotopic (exact) mass is 262 g/mol. The van der Waals surface area contributed by atoms with Crippen molar-refractivity contribution in [1.82, 2.24) is 4.90 Å². The van der Waals surface area contributed by atoms with Gasteiger partial charge in [-0.25, -0.2) is 0 Å². The largest absolute Gasteiger partial charge is 0.496 e. The number of hydrogen-bond donors (Lipinski definition) is 1. The third kappa shape index (κ3) is 2.83. The van der Waals surface area contributed by atoms with Crippen LogP contribution >= 0.6 is 0 Å². The molecule has 0 bridgehead atoms. The number of ether oxygens (including phenoxy) is 1. The summed E-state index contributed by atoms with van der Waals surface area (Å²) in [5.41, 5.74) is 7.22. The highest BCUT2D eigenvalue weighted by Crippen LogP contribution is 2.32. The second-order valence-corrected chi connectivity index (χ2v) is 5.88. The van der Waals surface area contributed by atoms with E-state index in [9.17, 15) is 4.79 Å². The molecule has 2 N–H and O–H groups in total. The third-order valence-corrected chi connectivity index (χ3v) is 3.90. The second kappa shape index (κ2) is 5.11. The molecule has 104 valence electrons. The van der Waals surface area contributed by atoms with Crippen LogP contribution in [0.3, 0.4) is 0 Å². The SMILES string of the molecule is COc1cccc(N)c1C(=O)N1CCC(C)(C)CC1. The van der Waals surface area contributed by atoms with Crippen LogP contribution in [-0.4, -0.2) is 31.0 Å². The molecule has 1 amide bonds. The number of rotatable bonds is 2. The van der Waals surface area contributed by atoms with E-state index in [1.165, 1.54) is 0 Å². The van der Waals surface area contributed by atoms with Crippen LogP contribution < -0.4 is 10.5 Å². The molecule has 1 heterocycles. The lowest BCUT2D eigenvalue weighted by atomic mass is 9.82. The van der Waals surface area contributed by atoms with E-state index in [1.807, 2.05) is 4.90 Å². The molecule has 0 saturated carbocycles. The Balaban J connectivity index is 2.21. The molecule has 1 fully saturated rings. The summed E-state index contributed by atoms with van der Waals surface area (Å²) in [5, 5.41) is 0. The van der Waals surface area contributed by atoms with Gasteiger partial charge in [0.1, 0.15) is 11.3 Å². The van der Waals surface area contributed by atoms with Crippen molar-refractivity contribution in [3.8, 4) is 5.75 Å². The first-order valence-corrected chi connectivity index (χ1v) is 6.66. The minimum Gasteiger partial charge on any atom is -0.496 e. The molecule has 0 unspecified atom stereocenters. The van der Waals surface area contributed by atoms with E-state index in [-0.39, 0.29) is 5.91 Å². The van der Waals surface area contributed by atoms with Crippen molar-refractivity contribution in [3.05, 3.63) is 23.8 Å². The van der Waals surface area contributed by atoms with E-state index >= 15 is 0 Å². The van der Waals surface area contributed by atoms with Crippen molar-refractivity contribution >= 4 is 11.6 Å². The van der Waals surface area contributed by atoms with Gasteiger partial charge in [-0.3, -0.25) is 4.79 Å². The van der Waals surface area contributed by atoms with Gasteiger partial charge in [-0.2, -0.15) is 0 Å². The molecular weight excluding hydrogens is 240 g/mol. The van der Waals surface area contributed by atoms with Crippen LogP contribution in [0, 0.1) is 5.41 Å². The van der Waals surface area contributed by atoms with Crippen LogP contribution in [0.1, 0.15) is 37.0 Å². The molecule has 1 aromatic carbocycles. The summed E-state index contributed by atoms with van der Waals surface area (Å²) >= 11 is 0. The van der Waals surface area contributed by atoms with Crippen LogP contribution in [0.2, 0.25) is 0 Å². The fourth-order valence-corrected chi connectivity index (χ4v) is 2.42. The molecule has 1 aromatic rings. The van der Waals surface area contributed by atoms with E-state index in [0.717, 1.165) is 25.9 Å². The maximum absolute atomic E-state index is 12.6. The van der Waals surface area contributed by atoms with Crippen LogP contribution in [0.25, 0.3) is 0 Å². The van der Waals surface area contributed by atoms with Crippen molar-refractivity contribution in [1.29, 1.82) is 0 Å². The zero-order valence-corrected chi connectivity index (χ0v) is 11.9. The number of carbonyl (C=O) groups excluding carboxylic acids is 1. The summed E-state index contributed by atoms with van der Waals surface area (Å²) in [4.78, 5) is 14.5. The van der Waals surface area contributed by atoms with Gasteiger partial charge >= 0.3 is 0 Å². The summed E-state index contributed by atoms with van der Waals surface area (Å²) in [6, 6.07) is 5.31. The third-order valence-electron chi connectivity index (χ3n) is 3.90. The molecule has 1 saturated heterocycles. The first-order valence-electron chi connectivity index (χ1n) is 6.66. The number of nitrogens with zero attached hydrogens (tertiary/aromatic N) is 1. The smallest absolute Gasteiger partial charge is 0.259 e. The Morgan fingerprint density at radius 1 is 1.32 bits per heavy atom. The van der Waals surface area contributed by atoms with E-state index < -0.39 is 0 Å². The predicted octanol–water partition coefficient (Wildman–Crippen LogP) is 2.54. The molecule has 0 spiro atoms. The van der Waals surface area contributed by atoms with Gasteiger partial charge in [0.05, 0.1) is 7.11 Å². The van der Waals surface area contributed by atoms with Gasteiger partial charge in [-0.05, 0) is 30.4 Å². The average molecular weight is 262 g/mol. The van der Waals surface area contributed by atoms with E-state index in [4.69, 9.17) is 10.5 Å². The maximum Gasteiger partial charge on any atom is 0.259 e. The first-order chi connectivity index (χ1) is 8.94. The summed E-state index contributed by atoms with van der Waals surface area (Å²) in [7, 11) is 1.56. The second-order valence-electron chi connectivity index (χ2n) is 5.88. The number of nitrogen functional groups attached to an aromatic ring is 1. The van der Waals surface area contributed by atoms with Gasteiger partial charge in [-0.15, -0.1) is 0 Å². The van der Waals surface area contributed by atoms with E-state index in [1.54, 1.807) is 25.3 Å². The minimum atomic E-state index is -0.0227. The van der Waals surface area contributed by atoms with Gasteiger partial charge in [0.25, 0.3) is 5.91 Å². The highest BCUT2D eigenvalue weighted by Gasteiger charge is 2.30. The summed E-state index contributed by atoms with van der Waals surface area (Å²) in [6.07, 6.45) is 2.04.